The van der Waals surface area contributed by atoms with E-state index in [0.717, 1.165) is 0 Å². The third kappa shape index (κ3) is 6.11. The first-order valence-corrected chi connectivity index (χ1v) is 13.6. The maximum Gasteiger partial charge on any atom is 0.407 e. The van der Waals surface area contributed by atoms with E-state index in [-0.39, 0.29) is 23.3 Å². The lowest BCUT2D eigenvalue weighted by atomic mass is 9.89. The van der Waals surface area contributed by atoms with Crippen LogP contribution in [0.2, 0.25) is 0 Å². The van der Waals surface area contributed by atoms with Gasteiger partial charge in [-0.05, 0) is 75.6 Å². The number of rotatable bonds is 7. The molecular weight excluding hydrogens is 528 g/mol. The lowest BCUT2D eigenvalue weighted by molar-refractivity contribution is 0.0487. The van der Waals surface area contributed by atoms with Crippen LogP contribution in [0.15, 0.2) is 41.2 Å². The Morgan fingerprint density at radius 1 is 0.878 bits per heavy atom. The summed E-state index contributed by atoms with van der Waals surface area (Å²) in [6.07, 6.45) is 1.89. The fourth-order valence-corrected chi connectivity index (χ4v) is 5.48. The molecule has 4 rings (SSSR count). The summed E-state index contributed by atoms with van der Waals surface area (Å²) in [4.78, 5) is 39.8. The van der Waals surface area contributed by atoms with Crippen LogP contribution in [0.1, 0.15) is 63.0 Å². The molecule has 0 bridgehead atoms. The minimum atomic E-state index is -0.634. The summed E-state index contributed by atoms with van der Waals surface area (Å²) in [7, 11) is 5.85. The first kappa shape index (κ1) is 29.8. The molecule has 1 N–H and O–H groups in total. The van der Waals surface area contributed by atoms with Crippen molar-refractivity contribution < 1.29 is 33.3 Å². The van der Waals surface area contributed by atoms with Crippen LogP contribution in [0, 0.1) is 0 Å². The Bertz CT molecular complexity index is 1470. The number of amides is 1. The van der Waals surface area contributed by atoms with Crippen LogP contribution in [-0.4, -0.2) is 56.7 Å². The number of nitrogens with zero attached hydrogens (tertiary/aromatic N) is 1. The number of aromatic nitrogens is 1. The van der Waals surface area contributed by atoms with Crippen LogP contribution in [0.4, 0.5) is 4.79 Å². The molecule has 10 nitrogen and oxygen atoms in total. The Hall–Kier alpha value is -4.21. The van der Waals surface area contributed by atoms with E-state index in [0.29, 0.717) is 64.8 Å². The zero-order chi connectivity index (χ0) is 29.9. The van der Waals surface area contributed by atoms with Crippen molar-refractivity contribution in [3.05, 3.63) is 52.4 Å². The number of nitrogens with one attached hydrogen (secondary N) is 1. The second-order valence-corrected chi connectivity index (χ2v) is 11.0. The van der Waals surface area contributed by atoms with Gasteiger partial charge in [0.05, 0.1) is 28.4 Å². The van der Waals surface area contributed by atoms with Crippen molar-refractivity contribution in [3.63, 3.8) is 0 Å². The number of hydrogen-bond donors (Lipinski definition) is 1. The first-order chi connectivity index (χ1) is 19.5. The van der Waals surface area contributed by atoms with Crippen LogP contribution in [0.3, 0.4) is 0 Å². The molecule has 2 aromatic carbocycles. The lowest BCUT2D eigenvalue weighted by Gasteiger charge is -2.32. The molecule has 0 saturated heterocycles. The largest absolute Gasteiger partial charge is 0.493 e. The van der Waals surface area contributed by atoms with Crippen LogP contribution < -0.4 is 25.1 Å². The van der Waals surface area contributed by atoms with Crippen LogP contribution in [0.5, 0.6) is 17.2 Å². The second kappa shape index (κ2) is 12.1. The smallest absolute Gasteiger partial charge is 0.407 e. The number of benzene rings is 2. The fraction of sp³-hybridized carbons (Fsp3) is 0.452. The summed E-state index contributed by atoms with van der Waals surface area (Å²) in [6.45, 7) is 5.45. The van der Waals surface area contributed by atoms with Crippen molar-refractivity contribution in [3.8, 4) is 28.4 Å². The Morgan fingerprint density at radius 2 is 1.46 bits per heavy atom. The highest BCUT2D eigenvalue weighted by atomic mass is 16.6. The van der Waals surface area contributed by atoms with Gasteiger partial charge in [-0.3, -0.25) is 9.36 Å². The van der Waals surface area contributed by atoms with Gasteiger partial charge >= 0.3 is 12.1 Å². The van der Waals surface area contributed by atoms with E-state index in [4.69, 9.17) is 23.7 Å². The summed E-state index contributed by atoms with van der Waals surface area (Å²) in [5.74, 6) is 0.596. The van der Waals surface area contributed by atoms with E-state index in [1.807, 2.05) is 32.9 Å². The molecule has 41 heavy (non-hydrogen) atoms. The van der Waals surface area contributed by atoms with Crippen molar-refractivity contribution in [1.29, 1.82) is 0 Å². The summed E-state index contributed by atoms with van der Waals surface area (Å²) in [5.41, 5.74) is 0.401. The number of pyridine rings is 1. The van der Waals surface area contributed by atoms with Crippen molar-refractivity contribution in [2.24, 2.45) is 0 Å². The summed E-state index contributed by atoms with van der Waals surface area (Å²) < 4.78 is 28.9. The molecule has 0 spiro atoms. The zero-order valence-electron chi connectivity index (χ0n) is 24.7. The maximum atomic E-state index is 14.0. The number of esters is 1. The van der Waals surface area contributed by atoms with E-state index in [1.54, 1.807) is 28.8 Å². The monoisotopic (exact) mass is 566 g/mol. The highest BCUT2D eigenvalue weighted by Gasteiger charge is 2.32. The fourth-order valence-electron chi connectivity index (χ4n) is 5.48. The first-order valence-electron chi connectivity index (χ1n) is 13.6. The molecule has 1 aliphatic carbocycles. The maximum absolute atomic E-state index is 14.0. The average Bonchev–Trinajstić information content (AvgIpc) is 2.95. The molecule has 1 fully saturated rings. The number of carbonyl (C=O) groups excluding carboxylic acids is 2. The Balaban J connectivity index is 1.86. The Kier molecular flexibility index (Phi) is 8.80. The Labute approximate surface area is 239 Å². The molecule has 0 unspecified atom stereocenters. The van der Waals surface area contributed by atoms with E-state index in [9.17, 15) is 14.4 Å². The quantitative estimate of drug-likeness (QED) is 0.374. The van der Waals surface area contributed by atoms with E-state index in [1.165, 1.54) is 28.4 Å². The molecule has 1 aliphatic rings. The van der Waals surface area contributed by atoms with Gasteiger partial charge in [0.25, 0.3) is 5.56 Å². The van der Waals surface area contributed by atoms with Crippen molar-refractivity contribution in [2.75, 3.05) is 28.4 Å². The average molecular weight is 567 g/mol. The van der Waals surface area contributed by atoms with Gasteiger partial charge in [-0.1, -0.05) is 18.2 Å². The Morgan fingerprint density at radius 3 is 1.98 bits per heavy atom. The van der Waals surface area contributed by atoms with Crippen LogP contribution in [0.25, 0.3) is 21.9 Å². The summed E-state index contributed by atoms with van der Waals surface area (Å²) >= 11 is 0. The predicted molar refractivity (Wildman–Crippen MR) is 155 cm³/mol. The predicted octanol–water partition coefficient (Wildman–Crippen LogP) is 5.49. The number of carbonyl (C=O) groups is 2. The molecule has 220 valence electrons. The van der Waals surface area contributed by atoms with Crippen LogP contribution >= 0.6 is 0 Å². The normalized spacial score (nSPS) is 17.0. The third-order valence-electron chi connectivity index (χ3n) is 7.24. The molecular formula is C31H38N2O8. The highest BCUT2D eigenvalue weighted by molar-refractivity contribution is 6.07. The van der Waals surface area contributed by atoms with E-state index >= 15 is 0 Å². The van der Waals surface area contributed by atoms with Gasteiger partial charge in [-0.25, -0.2) is 9.59 Å². The molecule has 0 atom stereocenters. The minimum Gasteiger partial charge on any atom is -0.493 e. The van der Waals surface area contributed by atoms with Gasteiger partial charge in [0.1, 0.15) is 11.3 Å². The lowest BCUT2D eigenvalue weighted by Crippen LogP contribution is -2.42. The van der Waals surface area contributed by atoms with Gasteiger partial charge in [0.15, 0.2) is 11.5 Å². The zero-order valence-corrected chi connectivity index (χ0v) is 24.7. The number of hydrogen-bond acceptors (Lipinski definition) is 8. The van der Waals surface area contributed by atoms with E-state index in [2.05, 4.69) is 5.32 Å². The van der Waals surface area contributed by atoms with Crippen LogP contribution in [-0.2, 0) is 9.47 Å². The van der Waals surface area contributed by atoms with E-state index < -0.39 is 17.7 Å². The topological polar surface area (TPSA) is 114 Å². The second-order valence-electron chi connectivity index (χ2n) is 11.0. The highest BCUT2D eigenvalue weighted by Crippen LogP contribution is 2.44. The van der Waals surface area contributed by atoms with Crippen molar-refractivity contribution in [1.82, 2.24) is 9.88 Å². The van der Waals surface area contributed by atoms with Gasteiger partial charge in [0, 0.05) is 23.0 Å². The standard InChI is InChI=1S/C31H38N2O8/c1-31(2,3)41-30(36)32-19-12-14-20(15-13-19)33-26(29(35)40-7)25(21-10-8-9-11-22(21)28(33)34)18-16-23(37-4)27(39-6)24(17-18)38-5/h8-11,16-17,19-20H,12-15H2,1-7H3,(H,32,36)/t19-,20-. The molecule has 0 radical (unpaired) electrons. The SMILES string of the molecule is COC(=O)c1c(-c2cc(OC)c(OC)c(OC)c2)c2ccccc2c(=O)n1[C@H]1CC[C@H](NC(=O)OC(C)(C)C)CC1. The molecule has 10 heteroatoms. The number of methoxy groups -OCH3 is 4. The molecule has 0 aliphatic heterocycles. The van der Waals surface area contributed by atoms with Crippen molar-refractivity contribution >= 4 is 22.8 Å². The summed E-state index contributed by atoms with van der Waals surface area (Å²) in [5, 5.41) is 4.00. The van der Waals surface area contributed by atoms with Gasteiger partial charge in [0.2, 0.25) is 5.75 Å². The number of ether oxygens (including phenoxy) is 5. The van der Waals surface area contributed by atoms with Crippen molar-refractivity contribution in [2.45, 2.75) is 64.1 Å². The number of fused-ring (bicyclic) bond motifs is 1. The summed E-state index contributed by atoms with van der Waals surface area (Å²) in [6, 6.07) is 10.3. The molecule has 1 amide bonds. The van der Waals surface area contributed by atoms with Gasteiger partial charge in [-0.2, -0.15) is 0 Å². The molecule has 1 aromatic heterocycles. The minimum absolute atomic E-state index is 0.103. The molecule has 1 saturated carbocycles. The molecule has 1 heterocycles. The third-order valence-corrected chi connectivity index (χ3v) is 7.24. The van der Waals surface area contributed by atoms with Gasteiger partial charge in [-0.15, -0.1) is 0 Å². The number of alkyl carbamates (subject to hydrolysis) is 1. The molecule has 3 aromatic rings. The van der Waals surface area contributed by atoms with Gasteiger partial charge < -0.3 is 29.0 Å².